The molecule has 0 aromatic rings. The summed E-state index contributed by atoms with van der Waals surface area (Å²) < 4.78 is 5.54. The highest BCUT2D eigenvalue weighted by Crippen LogP contribution is 2.65. The van der Waals surface area contributed by atoms with Crippen LogP contribution in [0.2, 0.25) is 0 Å². The van der Waals surface area contributed by atoms with Crippen molar-refractivity contribution < 1.29 is 14.3 Å². The number of hydrogen-bond acceptors (Lipinski definition) is 3. The summed E-state index contributed by atoms with van der Waals surface area (Å²) in [6, 6.07) is 0. The van der Waals surface area contributed by atoms with Crippen molar-refractivity contribution in [3.63, 3.8) is 0 Å². The fourth-order valence-electron chi connectivity index (χ4n) is 7.33. The van der Waals surface area contributed by atoms with Gasteiger partial charge in [0.2, 0.25) is 0 Å². The van der Waals surface area contributed by atoms with E-state index in [2.05, 4.69) is 13.8 Å². The molecular formula is C21H32O3. The van der Waals surface area contributed by atoms with E-state index in [-0.39, 0.29) is 17.5 Å². The van der Waals surface area contributed by atoms with Crippen LogP contribution in [0.1, 0.15) is 78.6 Å². The van der Waals surface area contributed by atoms with Crippen LogP contribution in [-0.2, 0) is 14.3 Å². The molecular weight excluding hydrogens is 300 g/mol. The van der Waals surface area contributed by atoms with Crippen molar-refractivity contribution >= 4 is 11.8 Å². The fourth-order valence-corrected chi connectivity index (χ4v) is 7.33. The van der Waals surface area contributed by atoms with Gasteiger partial charge < -0.3 is 4.74 Å². The largest absolute Gasteiger partial charge is 0.463 e. The summed E-state index contributed by atoms with van der Waals surface area (Å²) in [5.74, 6) is 3.26. The van der Waals surface area contributed by atoms with Crippen LogP contribution < -0.4 is 0 Å². The van der Waals surface area contributed by atoms with Gasteiger partial charge in [0, 0.05) is 18.8 Å². The van der Waals surface area contributed by atoms with E-state index in [0.29, 0.717) is 23.0 Å². The maximum atomic E-state index is 12.5. The predicted molar refractivity (Wildman–Crippen MR) is 92.3 cm³/mol. The average molecular weight is 332 g/mol. The quantitative estimate of drug-likeness (QED) is 0.663. The molecule has 0 amide bonds. The summed E-state index contributed by atoms with van der Waals surface area (Å²) in [4.78, 5) is 23.8. The standard InChI is InChI=1S/C21H32O3/c1-13(22)24-15-8-10-20(2)14(12-15)4-5-16-17-6-7-19(23)21(17,3)11-9-18(16)20/h14-18H,4-12H2,1-3H3/t14-,15-,16+,17+,18-,20+,21-/m0/s1. The average Bonchev–Trinajstić information content (AvgIpc) is 2.83. The normalized spacial score (nSPS) is 50.6. The van der Waals surface area contributed by atoms with E-state index in [4.69, 9.17) is 4.74 Å². The van der Waals surface area contributed by atoms with Gasteiger partial charge in [0.25, 0.3) is 0 Å². The lowest BCUT2D eigenvalue weighted by Crippen LogP contribution is -2.54. The number of rotatable bonds is 1. The van der Waals surface area contributed by atoms with Crippen LogP contribution >= 0.6 is 0 Å². The summed E-state index contributed by atoms with van der Waals surface area (Å²) in [5.41, 5.74) is 0.381. The smallest absolute Gasteiger partial charge is 0.302 e. The van der Waals surface area contributed by atoms with Crippen molar-refractivity contribution in [2.24, 2.45) is 34.5 Å². The molecule has 0 N–H and O–H groups in total. The third-order valence-corrected chi connectivity index (χ3v) is 8.66. The maximum absolute atomic E-state index is 12.5. The molecule has 0 saturated heterocycles. The molecule has 3 heteroatoms. The molecule has 0 radical (unpaired) electrons. The van der Waals surface area contributed by atoms with Gasteiger partial charge in [-0.1, -0.05) is 13.8 Å². The highest BCUT2D eigenvalue weighted by Gasteiger charge is 2.60. The number of hydrogen-bond donors (Lipinski definition) is 0. The zero-order chi connectivity index (χ0) is 17.1. The number of esters is 1. The van der Waals surface area contributed by atoms with Gasteiger partial charge in [-0.2, -0.15) is 0 Å². The topological polar surface area (TPSA) is 43.4 Å². The van der Waals surface area contributed by atoms with Gasteiger partial charge in [-0.05, 0) is 80.5 Å². The molecule has 0 spiro atoms. The van der Waals surface area contributed by atoms with E-state index in [1.807, 2.05) is 0 Å². The highest BCUT2D eigenvalue weighted by atomic mass is 16.5. The number of ketones is 1. The van der Waals surface area contributed by atoms with Crippen LogP contribution in [-0.4, -0.2) is 17.9 Å². The van der Waals surface area contributed by atoms with Crippen LogP contribution in [0.3, 0.4) is 0 Å². The molecule has 0 aliphatic heterocycles. The monoisotopic (exact) mass is 332 g/mol. The Morgan fingerprint density at radius 3 is 2.58 bits per heavy atom. The highest BCUT2D eigenvalue weighted by molar-refractivity contribution is 5.87. The first-order valence-electron chi connectivity index (χ1n) is 10.0. The molecule has 0 aromatic heterocycles. The zero-order valence-corrected chi connectivity index (χ0v) is 15.5. The van der Waals surface area contributed by atoms with Crippen molar-refractivity contribution in [2.45, 2.75) is 84.7 Å². The van der Waals surface area contributed by atoms with Gasteiger partial charge in [-0.25, -0.2) is 0 Å². The van der Waals surface area contributed by atoms with Crippen LogP contribution in [0, 0.1) is 34.5 Å². The molecule has 4 fully saturated rings. The molecule has 24 heavy (non-hydrogen) atoms. The van der Waals surface area contributed by atoms with Crippen LogP contribution in [0.4, 0.5) is 0 Å². The van der Waals surface area contributed by atoms with E-state index in [1.165, 1.54) is 32.6 Å². The predicted octanol–water partition coefficient (Wildman–Crippen LogP) is 4.53. The van der Waals surface area contributed by atoms with Crippen molar-refractivity contribution in [1.82, 2.24) is 0 Å². The Labute approximate surface area is 145 Å². The number of Topliss-reactive ketones (excluding diaryl/α,β-unsaturated/α-hetero) is 1. The van der Waals surface area contributed by atoms with Gasteiger partial charge in [-0.3, -0.25) is 9.59 Å². The second kappa shape index (κ2) is 5.57. The SMILES string of the molecule is CC(=O)O[C@H]1CC[C@]2(C)[C@@H](CC[C@@H]3[C@H]4CCC(=O)[C@@]4(C)CC[C@@H]32)C1. The third kappa shape index (κ3) is 2.29. The number of carbonyl (C=O) groups is 2. The molecule has 0 unspecified atom stereocenters. The van der Waals surface area contributed by atoms with Crippen LogP contribution in [0.25, 0.3) is 0 Å². The second-order valence-corrected chi connectivity index (χ2v) is 9.58. The van der Waals surface area contributed by atoms with Gasteiger partial charge in [0.1, 0.15) is 11.9 Å². The van der Waals surface area contributed by atoms with E-state index >= 15 is 0 Å². The number of fused-ring (bicyclic) bond motifs is 5. The van der Waals surface area contributed by atoms with E-state index < -0.39 is 0 Å². The molecule has 0 bridgehead atoms. The first-order chi connectivity index (χ1) is 11.3. The lowest BCUT2D eigenvalue weighted by molar-refractivity contribution is -0.160. The van der Waals surface area contributed by atoms with Crippen molar-refractivity contribution in [1.29, 1.82) is 0 Å². The van der Waals surface area contributed by atoms with Crippen molar-refractivity contribution in [3.05, 3.63) is 0 Å². The number of carbonyl (C=O) groups excluding carboxylic acids is 2. The molecule has 4 aliphatic carbocycles. The van der Waals surface area contributed by atoms with Crippen LogP contribution in [0.5, 0.6) is 0 Å². The Bertz CT molecular complexity index is 555. The summed E-state index contributed by atoms with van der Waals surface area (Å²) in [7, 11) is 0. The Balaban J connectivity index is 1.54. The summed E-state index contributed by atoms with van der Waals surface area (Å²) in [5, 5.41) is 0. The Morgan fingerprint density at radius 2 is 1.83 bits per heavy atom. The number of ether oxygens (including phenoxy) is 1. The minimum atomic E-state index is -0.129. The summed E-state index contributed by atoms with van der Waals surface area (Å²) in [6.07, 6.45) is 10.2. The van der Waals surface area contributed by atoms with Crippen molar-refractivity contribution in [3.8, 4) is 0 Å². The molecule has 4 aliphatic rings. The molecule has 0 aromatic carbocycles. The molecule has 134 valence electrons. The minimum Gasteiger partial charge on any atom is -0.463 e. The third-order valence-electron chi connectivity index (χ3n) is 8.66. The first kappa shape index (κ1) is 16.6. The van der Waals surface area contributed by atoms with Crippen LogP contribution in [0.15, 0.2) is 0 Å². The maximum Gasteiger partial charge on any atom is 0.302 e. The van der Waals surface area contributed by atoms with E-state index in [0.717, 1.165) is 43.9 Å². The van der Waals surface area contributed by atoms with Gasteiger partial charge in [0.15, 0.2) is 0 Å². The molecule has 7 atom stereocenters. The fraction of sp³-hybridized carbons (Fsp3) is 0.905. The lowest BCUT2D eigenvalue weighted by atomic mass is 9.45. The summed E-state index contributed by atoms with van der Waals surface area (Å²) in [6.45, 7) is 6.30. The van der Waals surface area contributed by atoms with Gasteiger partial charge in [-0.15, -0.1) is 0 Å². The van der Waals surface area contributed by atoms with Gasteiger partial charge >= 0.3 is 5.97 Å². The molecule has 4 saturated carbocycles. The second-order valence-electron chi connectivity index (χ2n) is 9.58. The lowest BCUT2D eigenvalue weighted by Gasteiger charge is -2.60. The first-order valence-corrected chi connectivity index (χ1v) is 10.0. The summed E-state index contributed by atoms with van der Waals surface area (Å²) >= 11 is 0. The molecule has 4 rings (SSSR count). The zero-order valence-electron chi connectivity index (χ0n) is 15.5. The Kier molecular flexibility index (Phi) is 3.85. The minimum absolute atomic E-state index is 0.0146. The molecule has 3 nitrogen and oxygen atoms in total. The van der Waals surface area contributed by atoms with E-state index in [1.54, 1.807) is 0 Å². The van der Waals surface area contributed by atoms with Crippen molar-refractivity contribution in [2.75, 3.05) is 0 Å². The van der Waals surface area contributed by atoms with E-state index in [9.17, 15) is 9.59 Å². The van der Waals surface area contributed by atoms with Gasteiger partial charge in [0.05, 0.1) is 0 Å². The Hall–Kier alpha value is -0.860. The molecule has 0 heterocycles. The Morgan fingerprint density at radius 1 is 1.04 bits per heavy atom.